The number of ketones is 1. The normalized spacial score (nSPS) is 35.7. The van der Waals surface area contributed by atoms with Gasteiger partial charge in [-0.2, -0.15) is 0 Å². The van der Waals surface area contributed by atoms with Crippen molar-refractivity contribution >= 4 is 46.9 Å². The van der Waals surface area contributed by atoms with Gasteiger partial charge in [0.25, 0.3) is 0 Å². The van der Waals surface area contributed by atoms with Crippen LogP contribution in [-0.2, 0) is 42.8 Å². The van der Waals surface area contributed by atoms with E-state index in [4.69, 9.17) is 28.4 Å². The third kappa shape index (κ3) is 11.0. The number of aliphatic hydroxyl groups is 1. The van der Waals surface area contributed by atoms with Crippen LogP contribution in [0.2, 0.25) is 0 Å². The maximum atomic E-state index is 14.6. The quantitative estimate of drug-likeness (QED) is 0.191. The van der Waals surface area contributed by atoms with Crippen molar-refractivity contribution in [2.24, 2.45) is 29.6 Å². The van der Waals surface area contributed by atoms with Gasteiger partial charge in [0.2, 0.25) is 0 Å². The highest BCUT2D eigenvalue weighted by Gasteiger charge is 2.58. The summed E-state index contributed by atoms with van der Waals surface area (Å²) in [4.78, 5) is 75.9. The molecule has 0 spiro atoms. The first-order chi connectivity index (χ1) is 29.6. The van der Waals surface area contributed by atoms with E-state index < -0.39 is 102 Å². The summed E-state index contributed by atoms with van der Waals surface area (Å²) in [5, 5.41) is 18.3. The second kappa shape index (κ2) is 20.5. The number of nitrogens with one attached hydrogen (secondary N) is 2. The van der Waals surface area contributed by atoms with Gasteiger partial charge < -0.3 is 49.1 Å². The fraction of sp³-hybridized carbons (Fsp3) is 0.660. The number of carbonyl (C=O) groups is 5. The first-order valence-corrected chi connectivity index (χ1v) is 22.2. The second-order valence-electron chi connectivity index (χ2n) is 18.6. The number of carbonyl (C=O) groups excluding carboxylic acids is 5. The Kier molecular flexibility index (Phi) is 16.0. The van der Waals surface area contributed by atoms with E-state index >= 15 is 0 Å². The Hall–Kier alpha value is -4.64. The van der Waals surface area contributed by atoms with E-state index in [0.717, 1.165) is 16.5 Å². The molecule has 14 atom stereocenters. The van der Waals surface area contributed by atoms with Crippen molar-refractivity contribution < 1.29 is 57.5 Å². The van der Waals surface area contributed by atoms with Crippen molar-refractivity contribution in [3.63, 3.8) is 0 Å². The molecule has 0 bridgehead atoms. The zero-order valence-electron chi connectivity index (χ0n) is 38.8. The van der Waals surface area contributed by atoms with Crippen LogP contribution in [0, 0.1) is 29.6 Å². The molecule has 0 radical (unpaired) electrons. The van der Waals surface area contributed by atoms with Gasteiger partial charge in [0.1, 0.15) is 35.8 Å². The molecule has 63 heavy (non-hydrogen) atoms. The Morgan fingerprint density at radius 2 is 1.76 bits per heavy atom. The summed E-state index contributed by atoms with van der Waals surface area (Å²) in [6.45, 7) is 16.9. The number of hydrogen-bond acceptors (Lipinski definition) is 14. The maximum Gasteiger partial charge on any atom is 0.408 e. The molecule has 3 aliphatic heterocycles. The molecule has 2 aromatic rings. The number of cyclic esters (lactones) is 1. The van der Waals surface area contributed by atoms with Crippen LogP contribution in [-0.4, -0.2) is 126 Å². The van der Waals surface area contributed by atoms with E-state index in [2.05, 4.69) is 15.6 Å². The van der Waals surface area contributed by atoms with Crippen molar-refractivity contribution in [2.45, 2.75) is 149 Å². The fourth-order valence-electron chi connectivity index (χ4n) is 9.54. The lowest BCUT2D eigenvalue weighted by Crippen LogP contribution is -2.61. The Balaban J connectivity index is 1.61. The zero-order chi connectivity index (χ0) is 46.6. The van der Waals surface area contributed by atoms with Crippen LogP contribution >= 0.6 is 0 Å². The van der Waals surface area contributed by atoms with Gasteiger partial charge in [-0.1, -0.05) is 71.9 Å². The van der Waals surface area contributed by atoms with Crippen LogP contribution in [0.25, 0.3) is 17.0 Å². The summed E-state index contributed by atoms with van der Waals surface area (Å²) in [6, 6.07) is 8.27. The highest BCUT2D eigenvalue weighted by atomic mass is 16.7. The number of benzene rings is 1. The number of esters is 2. The number of pyridine rings is 1. The van der Waals surface area contributed by atoms with Gasteiger partial charge in [0, 0.05) is 41.9 Å². The van der Waals surface area contributed by atoms with E-state index in [9.17, 15) is 29.1 Å². The molecule has 4 heterocycles. The van der Waals surface area contributed by atoms with Crippen LogP contribution < -0.4 is 10.6 Å². The van der Waals surface area contributed by atoms with Gasteiger partial charge in [-0.3, -0.25) is 19.4 Å². The Morgan fingerprint density at radius 3 is 2.43 bits per heavy atom. The second-order valence-corrected chi connectivity index (χ2v) is 18.6. The van der Waals surface area contributed by atoms with Crippen LogP contribution in [0.5, 0.6) is 0 Å². The van der Waals surface area contributed by atoms with Crippen LogP contribution in [0.3, 0.4) is 0 Å². The number of alkyl carbamates (subject to hydrolysis) is 2. The number of fused-ring (bicyclic) bond motifs is 2. The SMILES string of the molecule is CC[C@H]1OC(=O)[C@H](C)[C@@H](OC(=O)C(C)C)[C@H](C)[C@@H](O[C@@H]2O[C@H](C)C[C@H](N(C)C)[C@H]2O)[C@](C)(OC(=O)NCC=Cc2ccnc3ccccc23)C[C@@H](C)C(=O)[C@H](C)[C@H]2NC(=O)O[C@@]21C. The topological polar surface area (TPSA) is 201 Å². The molecule has 16 nitrogen and oxygen atoms in total. The molecule has 2 amide bonds. The lowest BCUT2D eigenvalue weighted by Gasteiger charge is -2.48. The standard InChI is InChI=1S/C47H68N4O12/c1-13-35-47(10)39(50-45(57)63-47)28(6)36(52)26(4)24-46(9,62-44(56)49-21-16-17-31-20-22-48-33-19-15-14-18-32(31)33)40(61-43-37(53)34(51(11)12)23-27(5)58-43)29(7)38(30(8)42(55)59-35)60-41(54)25(2)3/h14-20,22,25-30,34-35,37-40,43,53H,13,21,23-24H2,1-12H3,(H,49,56)(H,50,57)/t26-,27-,28+,29+,30-,34+,35-,37-,38+,39-,40-,43+,46-,47-/m1/s1. The molecule has 3 fully saturated rings. The maximum absolute atomic E-state index is 14.6. The number of Topliss-reactive ketones (excluding diaryl/α,β-unsaturated/α-hetero) is 1. The number of nitrogens with zero attached hydrogens (tertiary/aromatic N) is 2. The third-order valence-corrected chi connectivity index (χ3v) is 13.0. The highest BCUT2D eigenvalue weighted by molar-refractivity contribution is 5.88. The fourth-order valence-corrected chi connectivity index (χ4v) is 9.54. The van der Waals surface area contributed by atoms with Crippen LogP contribution in [0.1, 0.15) is 94.1 Å². The van der Waals surface area contributed by atoms with E-state index in [1.807, 2.05) is 62.3 Å². The van der Waals surface area contributed by atoms with E-state index in [1.165, 1.54) is 0 Å². The summed E-state index contributed by atoms with van der Waals surface area (Å²) in [5.74, 6) is -6.09. The van der Waals surface area contributed by atoms with Gasteiger partial charge in [0.15, 0.2) is 11.9 Å². The minimum Gasteiger partial charge on any atom is -0.461 e. The smallest absolute Gasteiger partial charge is 0.408 e. The molecule has 16 heteroatoms. The average Bonchev–Trinajstić information content (AvgIpc) is 3.55. The Labute approximate surface area is 371 Å². The number of aliphatic hydroxyl groups excluding tert-OH is 1. The molecule has 348 valence electrons. The number of hydrogen-bond donors (Lipinski definition) is 3. The molecule has 3 saturated heterocycles. The van der Waals surface area contributed by atoms with Crippen molar-refractivity contribution in [3.8, 4) is 0 Å². The lowest BCUT2D eigenvalue weighted by molar-refractivity contribution is -0.298. The summed E-state index contributed by atoms with van der Waals surface area (Å²) in [5.41, 5.74) is -1.47. The largest absolute Gasteiger partial charge is 0.461 e. The molecular weight excluding hydrogens is 813 g/mol. The van der Waals surface area contributed by atoms with E-state index in [-0.39, 0.29) is 37.3 Å². The number of rotatable bonds is 10. The Morgan fingerprint density at radius 1 is 1.06 bits per heavy atom. The van der Waals surface area contributed by atoms with Gasteiger partial charge >= 0.3 is 24.1 Å². The summed E-state index contributed by atoms with van der Waals surface area (Å²) in [7, 11) is 3.68. The van der Waals surface area contributed by atoms with Gasteiger partial charge in [-0.15, -0.1) is 0 Å². The van der Waals surface area contributed by atoms with E-state index in [0.29, 0.717) is 6.42 Å². The monoisotopic (exact) mass is 880 g/mol. The lowest BCUT2D eigenvalue weighted by atomic mass is 9.73. The molecule has 3 N–H and O–H groups in total. The molecule has 1 aromatic carbocycles. The average molecular weight is 881 g/mol. The molecule has 0 saturated carbocycles. The van der Waals surface area contributed by atoms with Gasteiger partial charge in [-0.25, -0.2) is 9.59 Å². The molecule has 0 unspecified atom stereocenters. The van der Waals surface area contributed by atoms with Crippen molar-refractivity contribution in [1.82, 2.24) is 20.5 Å². The van der Waals surface area contributed by atoms with Gasteiger partial charge in [-0.05, 0) is 78.7 Å². The van der Waals surface area contributed by atoms with Crippen LogP contribution in [0.15, 0.2) is 42.6 Å². The predicted octanol–water partition coefficient (Wildman–Crippen LogP) is 5.82. The first-order valence-electron chi connectivity index (χ1n) is 22.2. The first kappa shape index (κ1) is 49.4. The highest BCUT2D eigenvalue weighted by Crippen LogP contribution is 2.42. The number of ether oxygens (including phenoxy) is 6. The molecular formula is C47H68N4O12. The predicted molar refractivity (Wildman–Crippen MR) is 234 cm³/mol. The van der Waals surface area contributed by atoms with Crippen LogP contribution in [0.4, 0.5) is 9.59 Å². The van der Waals surface area contributed by atoms with Crippen molar-refractivity contribution in [2.75, 3.05) is 20.6 Å². The number of para-hydroxylation sites is 1. The molecule has 5 rings (SSSR count). The molecule has 0 aliphatic carbocycles. The van der Waals surface area contributed by atoms with Gasteiger partial charge in [0.05, 0.1) is 29.5 Å². The summed E-state index contributed by atoms with van der Waals surface area (Å²) >= 11 is 0. The number of likely N-dealkylation sites (N-methyl/N-ethyl adjacent to an activating group) is 1. The number of amides is 2. The van der Waals surface area contributed by atoms with Crippen molar-refractivity contribution in [3.05, 3.63) is 48.2 Å². The summed E-state index contributed by atoms with van der Waals surface area (Å²) < 4.78 is 37.7. The van der Waals surface area contributed by atoms with E-state index in [1.54, 1.807) is 74.6 Å². The number of aromatic nitrogens is 1. The molecule has 1 aromatic heterocycles. The van der Waals surface area contributed by atoms with Crippen molar-refractivity contribution in [1.29, 1.82) is 0 Å². The molecule has 3 aliphatic rings. The minimum absolute atomic E-state index is 0.0562. The zero-order valence-corrected chi connectivity index (χ0v) is 38.8. The summed E-state index contributed by atoms with van der Waals surface area (Å²) in [6.07, 6.45) is -2.05. The Bertz CT molecular complexity index is 1990. The minimum atomic E-state index is -1.73. The third-order valence-electron chi connectivity index (χ3n) is 13.0.